The molecule has 2 aliphatic rings. The summed E-state index contributed by atoms with van der Waals surface area (Å²) in [4.78, 5) is 0. The molecule has 2 heterocycles. The summed E-state index contributed by atoms with van der Waals surface area (Å²) < 4.78 is 32.1. The van der Waals surface area contributed by atoms with Crippen molar-refractivity contribution in [2.24, 2.45) is 0 Å². The molecular formula is C12H24O6. The highest BCUT2D eigenvalue weighted by Crippen LogP contribution is 2.26. The van der Waals surface area contributed by atoms with Gasteiger partial charge in [-0.3, -0.25) is 0 Å². The van der Waals surface area contributed by atoms with Gasteiger partial charge in [-0.15, -0.1) is 0 Å². The Bertz CT molecular complexity index is 187. The molecule has 0 aromatic rings. The minimum atomic E-state index is -0.150. The Kier molecular flexibility index (Phi) is 7.73. The molecule has 2 aliphatic heterocycles. The molecule has 0 aromatic heterocycles. The first kappa shape index (κ1) is 15.8. The predicted octanol–water partition coefficient (Wildman–Crippen LogP) is 0.788. The van der Waals surface area contributed by atoms with Crippen LogP contribution in [0.5, 0.6) is 0 Å². The normalized spacial score (nSPS) is 35.3. The topological polar surface area (TPSA) is 55.4 Å². The van der Waals surface area contributed by atoms with Gasteiger partial charge in [0.2, 0.25) is 0 Å². The van der Waals surface area contributed by atoms with Crippen LogP contribution in [0.1, 0.15) is 13.8 Å². The van der Waals surface area contributed by atoms with Crippen molar-refractivity contribution in [3.05, 3.63) is 0 Å². The Labute approximate surface area is 108 Å². The van der Waals surface area contributed by atoms with E-state index < -0.39 is 0 Å². The molecule has 2 unspecified atom stereocenters. The van der Waals surface area contributed by atoms with E-state index in [2.05, 4.69) is 0 Å². The summed E-state index contributed by atoms with van der Waals surface area (Å²) in [5.41, 5.74) is 0. The lowest BCUT2D eigenvalue weighted by atomic mass is 10.0. The third-order valence-electron chi connectivity index (χ3n) is 2.80. The third kappa shape index (κ3) is 3.88. The van der Waals surface area contributed by atoms with E-state index >= 15 is 0 Å². The highest BCUT2D eigenvalue weighted by Gasteiger charge is 2.44. The molecule has 6 heteroatoms. The molecule has 6 nitrogen and oxygen atoms in total. The maximum absolute atomic E-state index is 5.52. The minimum absolute atomic E-state index is 0.105. The quantitative estimate of drug-likeness (QED) is 0.748. The average molecular weight is 264 g/mol. The Morgan fingerprint density at radius 1 is 0.778 bits per heavy atom. The van der Waals surface area contributed by atoms with Crippen molar-refractivity contribution < 1.29 is 28.4 Å². The Balaban J connectivity index is 0.000000771. The zero-order chi connectivity index (χ0) is 13.4. The van der Waals surface area contributed by atoms with Crippen LogP contribution in [-0.4, -0.2) is 65.4 Å². The zero-order valence-corrected chi connectivity index (χ0v) is 11.6. The van der Waals surface area contributed by atoms with Crippen LogP contribution in [0.2, 0.25) is 0 Å². The van der Waals surface area contributed by atoms with E-state index in [9.17, 15) is 0 Å². The van der Waals surface area contributed by atoms with E-state index in [1.807, 2.05) is 13.8 Å². The van der Waals surface area contributed by atoms with Crippen LogP contribution in [0.25, 0.3) is 0 Å². The van der Waals surface area contributed by atoms with Crippen LogP contribution in [0.15, 0.2) is 0 Å². The fourth-order valence-corrected chi connectivity index (χ4v) is 2.04. The molecule has 4 atom stereocenters. The van der Waals surface area contributed by atoms with E-state index in [1.165, 1.54) is 0 Å². The van der Waals surface area contributed by atoms with Gasteiger partial charge in [0, 0.05) is 14.2 Å². The average Bonchev–Trinajstić information content (AvgIpc) is 2.43. The summed E-state index contributed by atoms with van der Waals surface area (Å²) in [6.45, 7) is 5.46. The molecule has 2 rings (SSSR count). The molecule has 2 saturated heterocycles. The molecule has 0 amide bonds. The van der Waals surface area contributed by atoms with E-state index in [0.29, 0.717) is 13.2 Å². The van der Waals surface area contributed by atoms with Crippen molar-refractivity contribution >= 4 is 0 Å². The second kappa shape index (κ2) is 8.79. The number of methoxy groups -OCH3 is 2. The van der Waals surface area contributed by atoms with Gasteiger partial charge in [0.05, 0.1) is 13.2 Å². The Morgan fingerprint density at radius 2 is 1.17 bits per heavy atom. The van der Waals surface area contributed by atoms with E-state index in [0.717, 1.165) is 0 Å². The van der Waals surface area contributed by atoms with Crippen LogP contribution in [0, 0.1) is 0 Å². The van der Waals surface area contributed by atoms with Crippen LogP contribution < -0.4 is 0 Å². The second-order valence-corrected chi connectivity index (χ2v) is 3.82. The Hall–Kier alpha value is -0.240. The molecule has 0 saturated carbocycles. The van der Waals surface area contributed by atoms with Crippen LogP contribution >= 0.6 is 0 Å². The number of rotatable bonds is 4. The molecule has 0 spiro atoms. The van der Waals surface area contributed by atoms with Gasteiger partial charge in [-0.05, 0) is 0 Å². The number of hydrogen-bond donors (Lipinski definition) is 0. The highest BCUT2D eigenvalue weighted by molar-refractivity contribution is 4.89. The summed E-state index contributed by atoms with van der Waals surface area (Å²) >= 11 is 0. The van der Waals surface area contributed by atoms with Crippen molar-refractivity contribution in [2.45, 2.75) is 38.3 Å². The molecule has 0 bridgehead atoms. The third-order valence-corrected chi connectivity index (χ3v) is 2.80. The fourth-order valence-electron chi connectivity index (χ4n) is 2.04. The van der Waals surface area contributed by atoms with E-state index in [-0.39, 0.29) is 38.0 Å². The van der Waals surface area contributed by atoms with Gasteiger partial charge in [0.1, 0.15) is 38.0 Å². The maximum Gasteiger partial charge on any atom is 0.147 e. The first-order chi connectivity index (χ1) is 8.86. The van der Waals surface area contributed by atoms with Crippen molar-refractivity contribution in [3.63, 3.8) is 0 Å². The molecule has 2 fully saturated rings. The smallest absolute Gasteiger partial charge is 0.147 e. The molecule has 0 radical (unpaired) electrons. The second-order valence-electron chi connectivity index (χ2n) is 3.82. The van der Waals surface area contributed by atoms with Crippen molar-refractivity contribution in [3.8, 4) is 0 Å². The fraction of sp³-hybridized carbons (Fsp3) is 1.00. The minimum Gasteiger partial charge on any atom is -0.382 e. The Morgan fingerprint density at radius 3 is 1.50 bits per heavy atom. The first-order valence-corrected chi connectivity index (χ1v) is 6.31. The first-order valence-electron chi connectivity index (χ1n) is 6.31. The van der Waals surface area contributed by atoms with Crippen LogP contribution in [0.4, 0.5) is 0 Å². The van der Waals surface area contributed by atoms with Gasteiger partial charge in [0.25, 0.3) is 0 Å². The summed E-state index contributed by atoms with van der Waals surface area (Å²) in [5, 5.41) is 0. The summed E-state index contributed by atoms with van der Waals surface area (Å²) in [5.74, 6) is 0. The SMILES string of the molecule is CC.COC[C@H]1OCOC2C1OCO[C@@H]2COC. The largest absolute Gasteiger partial charge is 0.382 e. The maximum atomic E-state index is 5.52. The van der Waals surface area contributed by atoms with Gasteiger partial charge >= 0.3 is 0 Å². The molecule has 108 valence electrons. The van der Waals surface area contributed by atoms with Crippen molar-refractivity contribution in [1.82, 2.24) is 0 Å². The van der Waals surface area contributed by atoms with Crippen LogP contribution in [-0.2, 0) is 28.4 Å². The van der Waals surface area contributed by atoms with Gasteiger partial charge in [0.15, 0.2) is 0 Å². The number of hydrogen-bond acceptors (Lipinski definition) is 6. The van der Waals surface area contributed by atoms with Crippen molar-refractivity contribution in [2.75, 3.05) is 41.0 Å². The number of fused-ring (bicyclic) bond motifs is 1. The van der Waals surface area contributed by atoms with Crippen molar-refractivity contribution in [1.29, 1.82) is 0 Å². The highest BCUT2D eigenvalue weighted by atomic mass is 16.8. The van der Waals surface area contributed by atoms with Gasteiger partial charge in [-0.25, -0.2) is 0 Å². The molecule has 0 N–H and O–H groups in total. The lowest BCUT2D eigenvalue weighted by Crippen LogP contribution is -2.59. The van der Waals surface area contributed by atoms with Gasteiger partial charge < -0.3 is 28.4 Å². The molecular weight excluding hydrogens is 240 g/mol. The monoisotopic (exact) mass is 264 g/mol. The molecule has 0 aromatic carbocycles. The predicted molar refractivity (Wildman–Crippen MR) is 64.3 cm³/mol. The van der Waals surface area contributed by atoms with Crippen LogP contribution in [0.3, 0.4) is 0 Å². The van der Waals surface area contributed by atoms with Gasteiger partial charge in [-0.2, -0.15) is 0 Å². The summed E-state index contributed by atoms with van der Waals surface area (Å²) in [6.07, 6.45) is -0.510. The molecule has 18 heavy (non-hydrogen) atoms. The summed E-state index contributed by atoms with van der Waals surface area (Å²) in [6, 6.07) is 0. The summed E-state index contributed by atoms with van der Waals surface area (Å²) in [7, 11) is 3.28. The lowest BCUT2D eigenvalue weighted by Gasteiger charge is -2.43. The zero-order valence-electron chi connectivity index (χ0n) is 11.6. The van der Waals surface area contributed by atoms with Gasteiger partial charge in [-0.1, -0.05) is 13.8 Å². The standard InChI is InChI=1S/C10H18O6.C2H6/c1-11-3-7-9-10(16-5-13-7)8(4-12-2)14-6-15-9;1-2/h7-10H,3-6H2,1-2H3;1-2H3/t7-,8-,9?,10?;/m1./s1. The van der Waals surface area contributed by atoms with E-state index in [4.69, 9.17) is 28.4 Å². The lowest BCUT2D eigenvalue weighted by molar-refractivity contribution is -0.330. The number of ether oxygens (including phenoxy) is 6. The molecule has 0 aliphatic carbocycles. The van der Waals surface area contributed by atoms with E-state index in [1.54, 1.807) is 14.2 Å².